The zero-order chi connectivity index (χ0) is 20.1. The van der Waals surface area contributed by atoms with Crippen LogP contribution in [0.3, 0.4) is 0 Å². The maximum absolute atomic E-state index is 13.2. The van der Waals surface area contributed by atoms with Gasteiger partial charge in [-0.25, -0.2) is 9.07 Å². The molecule has 0 aliphatic carbocycles. The van der Waals surface area contributed by atoms with Gasteiger partial charge in [0.05, 0.1) is 11.4 Å². The summed E-state index contributed by atoms with van der Waals surface area (Å²) in [6.07, 6.45) is -0.468. The summed E-state index contributed by atoms with van der Waals surface area (Å²) >= 11 is 0. The summed E-state index contributed by atoms with van der Waals surface area (Å²) in [4.78, 5) is 11.7. The van der Waals surface area contributed by atoms with Crippen molar-refractivity contribution in [1.82, 2.24) is 15.1 Å². The maximum Gasteiger partial charge on any atom is 0.405 e. The van der Waals surface area contributed by atoms with Gasteiger partial charge in [0.25, 0.3) is 0 Å². The first kappa shape index (κ1) is 19.3. The van der Waals surface area contributed by atoms with Crippen molar-refractivity contribution in [3.05, 3.63) is 78.3 Å². The fraction of sp³-hybridized carbons (Fsp3) is 0.100. The standard InChI is InChI=1S/C20H15F4N3O/c21-16-9-6-14(7-10-16)19-15(8-11-18(28)25-13-20(22,23)24)12-27(26-19)17-4-2-1-3-5-17/h1-12H,13H2,(H,25,28)/b11-8+. The highest BCUT2D eigenvalue weighted by Crippen LogP contribution is 2.25. The van der Waals surface area contributed by atoms with Gasteiger partial charge in [0.15, 0.2) is 0 Å². The topological polar surface area (TPSA) is 46.9 Å². The van der Waals surface area contributed by atoms with Crippen LogP contribution in [-0.4, -0.2) is 28.4 Å². The molecule has 0 saturated carbocycles. The SMILES string of the molecule is O=C(/C=C/c1cn(-c2ccccc2)nc1-c1ccc(F)cc1)NCC(F)(F)F. The highest BCUT2D eigenvalue weighted by molar-refractivity contribution is 5.92. The summed E-state index contributed by atoms with van der Waals surface area (Å²) in [5, 5.41) is 6.25. The van der Waals surface area contributed by atoms with Crippen LogP contribution in [0.25, 0.3) is 23.0 Å². The number of halogens is 4. The van der Waals surface area contributed by atoms with Gasteiger partial charge in [0, 0.05) is 23.4 Å². The van der Waals surface area contributed by atoms with Crippen molar-refractivity contribution in [3.63, 3.8) is 0 Å². The van der Waals surface area contributed by atoms with Crippen LogP contribution >= 0.6 is 0 Å². The van der Waals surface area contributed by atoms with E-state index in [0.717, 1.165) is 11.8 Å². The van der Waals surface area contributed by atoms with Crippen LogP contribution in [0.5, 0.6) is 0 Å². The number of para-hydroxylation sites is 1. The quantitative estimate of drug-likeness (QED) is 0.520. The Morgan fingerprint density at radius 1 is 1.07 bits per heavy atom. The van der Waals surface area contributed by atoms with Crippen molar-refractivity contribution in [2.24, 2.45) is 0 Å². The predicted octanol–water partition coefficient (Wildman–Crippen LogP) is 4.37. The number of nitrogens with zero attached hydrogens (tertiary/aromatic N) is 2. The van der Waals surface area contributed by atoms with Crippen LogP contribution in [-0.2, 0) is 4.79 Å². The number of nitrogens with one attached hydrogen (secondary N) is 1. The summed E-state index contributed by atoms with van der Waals surface area (Å²) in [5.74, 6) is -1.29. The first-order chi connectivity index (χ1) is 13.3. The molecule has 0 aliphatic rings. The molecule has 2 aromatic carbocycles. The molecular weight excluding hydrogens is 374 g/mol. The predicted molar refractivity (Wildman–Crippen MR) is 97.1 cm³/mol. The van der Waals surface area contributed by atoms with Crippen molar-refractivity contribution in [3.8, 4) is 16.9 Å². The molecule has 0 unspecified atom stereocenters. The highest BCUT2D eigenvalue weighted by atomic mass is 19.4. The van der Waals surface area contributed by atoms with E-state index in [9.17, 15) is 22.4 Å². The van der Waals surface area contributed by atoms with Gasteiger partial charge in [-0.15, -0.1) is 0 Å². The number of carbonyl (C=O) groups excluding carboxylic acids is 1. The molecule has 0 spiro atoms. The Labute approximate surface area is 158 Å². The van der Waals surface area contributed by atoms with Gasteiger partial charge >= 0.3 is 6.18 Å². The number of hydrogen-bond acceptors (Lipinski definition) is 2. The second kappa shape index (κ2) is 8.08. The van der Waals surface area contributed by atoms with E-state index in [0.29, 0.717) is 16.8 Å². The molecule has 0 aliphatic heterocycles. The molecule has 4 nitrogen and oxygen atoms in total. The molecule has 0 radical (unpaired) electrons. The van der Waals surface area contributed by atoms with Gasteiger partial charge in [-0.2, -0.15) is 18.3 Å². The first-order valence-electron chi connectivity index (χ1n) is 8.25. The van der Waals surface area contributed by atoms with E-state index in [2.05, 4.69) is 5.10 Å². The Morgan fingerprint density at radius 3 is 2.39 bits per heavy atom. The van der Waals surface area contributed by atoms with Crippen LogP contribution in [0, 0.1) is 5.82 Å². The Morgan fingerprint density at radius 2 is 1.75 bits per heavy atom. The van der Waals surface area contributed by atoms with E-state index >= 15 is 0 Å². The molecule has 28 heavy (non-hydrogen) atoms. The Bertz CT molecular complexity index is 977. The normalized spacial score (nSPS) is 11.7. The van der Waals surface area contributed by atoms with Crippen molar-refractivity contribution in [1.29, 1.82) is 0 Å². The van der Waals surface area contributed by atoms with Crippen molar-refractivity contribution in [2.75, 3.05) is 6.54 Å². The molecule has 1 N–H and O–H groups in total. The van der Waals surface area contributed by atoms with Crippen LogP contribution in [0.1, 0.15) is 5.56 Å². The van der Waals surface area contributed by atoms with Crippen LogP contribution in [0.2, 0.25) is 0 Å². The minimum Gasteiger partial charge on any atom is -0.343 e. The number of hydrogen-bond donors (Lipinski definition) is 1. The second-order valence-corrected chi connectivity index (χ2v) is 5.89. The number of amides is 1. The zero-order valence-electron chi connectivity index (χ0n) is 14.4. The maximum atomic E-state index is 13.2. The van der Waals surface area contributed by atoms with Gasteiger partial charge in [-0.1, -0.05) is 18.2 Å². The van der Waals surface area contributed by atoms with E-state index in [4.69, 9.17) is 0 Å². The average molecular weight is 389 g/mol. The number of carbonyl (C=O) groups is 1. The van der Waals surface area contributed by atoms with Gasteiger partial charge < -0.3 is 5.32 Å². The van der Waals surface area contributed by atoms with Crippen molar-refractivity contribution >= 4 is 12.0 Å². The fourth-order valence-corrected chi connectivity index (χ4v) is 2.47. The number of benzene rings is 2. The molecule has 0 atom stereocenters. The molecule has 8 heteroatoms. The van der Waals surface area contributed by atoms with Gasteiger partial charge in [-0.3, -0.25) is 4.79 Å². The van der Waals surface area contributed by atoms with E-state index < -0.39 is 24.4 Å². The molecule has 1 heterocycles. The van der Waals surface area contributed by atoms with Crippen LogP contribution in [0.4, 0.5) is 17.6 Å². The Kier molecular flexibility index (Phi) is 5.58. The lowest BCUT2D eigenvalue weighted by molar-refractivity contribution is -0.135. The largest absolute Gasteiger partial charge is 0.405 e. The molecule has 0 saturated heterocycles. The van der Waals surface area contributed by atoms with Gasteiger partial charge in [0.2, 0.25) is 5.91 Å². The summed E-state index contributed by atoms with van der Waals surface area (Å²) < 4.78 is 51.4. The Balaban J connectivity index is 1.92. The summed E-state index contributed by atoms with van der Waals surface area (Å²) in [5.41, 5.74) is 2.32. The number of alkyl halides is 3. The fourth-order valence-electron chi connectivity index (χ4n) is 2.47. The van der Waals surface area contributed by atoms with Gasteiger partial charge in [0.1, 0.15) is 12.4 Å². The third kappa shape index (κ3) is 5.06. The molecule has 0 fully saturated rings. The van der Waals surface area contributed by atoms with E-state index in [1.54, 1.807) is 16.2 Å². The molecule has 144 valence electrons. The van der Waals surface area contributed by atoms with Gasteiger partial charge in [-0.05, 0) is 42.5 Å². The van der Waals surface area contributed by atoms with E-state index in [1.165, 1.54) is 30.3 Å². The molecule has 1 amide bonds. The van der Waals surface area contributed by atoms with E-state index in [-0.39, 0.29) is 0 Å². The number of rotatable bonds is 5. The lowest BCUT2D eigenvalue weighted by atomic mass is 10.1. The zero-order valence-corrected chi connectivity index (χ0v) is 14.4. The molecule has 1 aromatic heterocycles. The minimum atomic E-state index is -4.49. The summed E-state index contributed by atoms with van der Waals surface area (Å²) in [6.45, 7) is -1.41. The van der Waals surface area contributed by atoms with Crippen LogP contribution < -0.4 is 5.32 Å². The lowest BCUT2D eigenvalue weighted by Crippen LogP contribution is -2.32. The monoisotopic (exact) mass is 389 g/mol. The minimum absolute atomic E-state index is 0.408. The average Bonchev–Trinajstić information content (AvgIpc) is 3.10. The summed E-state index contributed by atoms with van der Waals surface area (Å²) in [6, 6.07) is 14.8. The second-order valence-electron chi connectivity index (χ2n) is 5.89. The third-order valence-electron chi connectivity index (χ3n) is 3.76. The van der Waals surface area contributed by atoms with E-state index in [1.807, 2.05) is 30.3 Å². The van der Waals surface area contributed by atoms with Crippen molar-refractivity contribution in [2.45, 2.75) is 6.18 Å². The first-order valence-corrected chi connectivity index (χ1v) is 8.25. The molecule has 3 aromatic rings. The lowest BCUT2D eigenvalue weighted by Gasteiger charge is -2.05. The molecule has 0 bridgehead atoms. The molecule has 3 rings (SSSR count). The number of aromatic nitrogens is 2. The third-order valence-corrected chi connectivity index (χ3v) is 3.76. The smallest absolute Gasteiger partial charge is 0.343 e. The van der Waals surface area contributed by atoms with Crippen molar-refractivity contribution < 1.29 is 22.4 Å². The summed E-state index contributed by atoms with van der Waals surface area (Å²) in [7, 11) is 0. The molecular formula is C20H15F4N3O. The Hall–Kier alpha value is -3.42. The highest BCUT2D eigenvalue weighted by Gasteiger charge is 2.27. The van der Waals surface area contributed by atoms with Crippen LogP contribution in [0.15, 0.2) is 66.9 Å².